The summed E-state index contributed by atoms with van der Waals surface area (Å²) < 4.78 is 10.00. The van der Waals surface area contributed by atoms with E-state index in [1.807, 2.05) is 6.07 Å². The second-order valence-electron chi connectivity index (χ2n) is 5.58. The van der Waals surface area contributed by atoms with E-state index in [0.29, 0.717) is 5.82 Å². The molecule has 0 saturated carbocycles. The lowest BCUT2D eigenvalue weighted by Gasteiger charge is -2.37. The standard InChI is InChI=1S/C13H18N2O3/c1-12(2,3)9-5-6-14-10(15-9)13(7-18-8-13)11(16)17-4/h5-6H,7-8H2,1-4H3. The van der Waals surface area contributed by atoms with E-state index < -0.39 is 5.41 Å². The Labute approximate surface area is 107 Å². The number of carbonyl (C=O) groups excluding carboxylic acids is 1. The minimum atomic E-state index is -0.823. The summed E-state index contributed by atoms with van der Waals surface area (Å²) in [4.78, 5) is 20.6. The van der Waals surface area contributed by atoms with Crippen molar-refractivity contribution in [1.29, 1.82) is 0 Å². The van der Waals surface area contributed by atoms with Crippen LogP contribution in [0, 0.1) is 0 Å². The van der Waals surface area contributed by atoms with Gasteiger partial charge in [-0.15, -0.1) is 0 Å². The lowest BCUT2D eigenvalue weighted by Crippen LogP contribution is -2.54. The Morgan fingerprint density at radius 3 is 2.56 bits per heavy atom. The number of hydrogen-bond acceptors (Lipinski definition) is 5. The Balaban J connectivity index is 2.41. The van der Waals surface area contributed by atoms with Crippen LogP contribution in [0.3, 0.4) is 0 Å². The highest BCUT2D eigenvalue weighted by Gasteiger charge is 2.51. The van der Waals surface area contributed by atoms with Gasteiger partial charge in [0, 0.05) is 17.3 Å². The van der Waals surface area contributed by atoms with Crippen LogP contribution in [-0.4, -0.2) is 36.3 Å². The molecule has 0 aromatic carbocycles. The van der Waals surface area contributed by atoms with E-state index in [1.165, 1.54) is 7.11 Å². The smallest absolute Gasteiger partial charge is 0.324 e. The predicted octanol–water partition coefficient (Wildman–Crippen LogP) is 1.22. The first kappa shape index (κ1) is 13.0. The largest absolute Gasteiger partial charge is 0.468 e. The maximum atomic E-state index is 11.9. The molecule has 1 saturated heterocycles. The molecule has 0 N–H and O–H groups in total. The Morgan fingerprint density at radius 1 is 1.44 bits per heavy atom. The minimum Gasteiger partial charge on any atom is -0.468 e. The van der Waals surface area contributed by atoms with Crippen LogP contribution in [-0.2, 0) is 25.1 Å². The highest BCUT2D eigenvalue weighted by Crippen LogP contribution is 2.32. The Hall–Kier alpha value is -1.49. The van der Waals surface area contributed by atoms with Crippen molar-refractivity contribution < 1.29 is 14.3 Å². The molecule has 2 heterocycles. The summed E-state index contributed by atoms with van der Waals surface area (Å²) in [5.74, 6) is 0.160. The fourth-order valence-corrected chi connectivity index (χ4v) is 1.85. The van der Waals surface area contributed by atoms with Crippen LogP contribution in [0.5, 0.6) is 0 Å². The summed E-state index contributed by atoms with van der Waals surface area (Å²) in [6.07, 6.45) is 1.69. The van der Waals surface area contributed by atoms with Gasteiger partial charge in [-0.3, -0.25) is 4.79 Å². The third kappa shape index (κ3) is 1.99. The van der Waals surface area contributed by atoms with Crippen LogP contribution in [0.25, 0.3) is 0 Å². The molecular weight excluding hydrogens is 232 g/mol. The van der Waals surface area contributed by atoms with Crippen LogP contribution < -0.4 is 0 Å². The normalized spacial score (nSPS) is 18.0. The van der Waals surface area contributed by atoms with E-state index in [-0.39, 0.29) is 24.6 Å². The van der Waals surface area contributed by atoms with Gasteiger partial charge in [0.05, 0.1) is 20.3 Å². The molecule has 1 fully saturated rings. The van der Waals surface area contributed by atoms with Gasteiger partial charge in [0.1, 0.15) is 0 Å². The van der Waals surface area contributed by atoms with Gasteiger partial charge in [0.25, 0.3) is 0 Å². The molecule has 1 aromatic rings. The SMILES string of the molecule is COC(=O)C1(c2nccc(C(C)(C)C)n2)COC1. The fourth-order valence-electron chi connectivity index (χ4n) is 1.85. The second-order valence-corrected chi connectivity index (χ2v) is 5.58. The summed E-state index contributed by atoms with van der Waals surface area (Å²) in [6, 6.07) is 1.87. The number of carbonyl (C=O) groups is 1. The highest BCUT2D eigenvalue weighted by atomic mass is 16.5. The third-order valence-corrected chi connectivity index (χ3v) is 3.13. The van der Waals surface area contributed by atoms with E-state index >= 15 is 0 Å². The Bertz CT molecular complexity index is 462. The van der Waals surface area contributed by atoms with Gasteiger partial charge < -0.3 is 9.47 Å². The number of methoxy groups -OCH3 is 1. The number of hydrogen-bond donors (Lipinski definition) is 0. The number of nitrogens with zero attached hydrogens (tertiary/aromatic N) is 2. The van der Waals surface area contributed by atoms with Crippen molar-refractivity contribution in [3.05, 3.63) is 23.8 Å². The summed E-state index contributed by atoms with van der Waals surface area (Å²) in [7, 11) is 1.37. The Morgan fingerprint density at radius 2 is 2.11 bits per heavy atom. The topological polar surface area (TPSA) is 61.3 Å². The molecule has 0 atom stereocenters. The number of esters is 1. The highest BCUT2D eigenvalue weighted by molar-refractivity contribution is 5.83. The van der Waals surface area contributed by atoms with Crippen LogP contribution in [0.4, 0.5) is 0 Å². The first-order valence-electron chi connectivity index (χ1n) is 5.90. The molecule has 1 aromatic heterocycles. The molecule has 0 unspecified atom stereocenters. The Kier molecular flexibility index (Phi) is 3.11. The lowest BCUT2D eigenvalue weighted by atomic mass is 9.84. The van der Waals surface area contributed by atoms with Gasteiger partial charge in [-0.1, -0.05) is 20.8 Å². The quantitative estimate of drug-likeness (QED) is 0.738. The molecule has 0 bridgehead atoms. The monoisotopic (exact) mass is 250 g/mol. The molecule has 5 nitrogen and oxygen atoms in total. The molecule has 0 aliphatic carbocycles. The molecule has 1 aliphatic rings. The zero-order valence-electron chi connectivity index (χ0n) is 11.2. The second kappa shape index (κ2) is 4.31. The molecule has 0 radical (unpaired) electrons. The number of aromatic nitrogens is 2. The van der Waals surface area contributed by atoms with Crippen LogP contribution >= 0.6 is 0 Å². The number of ether oxygens (including phenoxy) is 2. The summed E-state index contributed by atoms with van der Waals surface area (Å²) in [6.45, 7) is 6.78. The van der Waals surface area contributed by atoms with E-state index in [9.17, 15) is 4.79 Å². The average Bonchev–Trinajstić information content (AvgIpc) is 2.26. The molecule has 5 heteroatoms. The zero-order valence-corrected chi connectivity index (χ0v) is 11.2. The molecule has 0 amide bonds. The van der Waals surface area contributed by atoms with Crippen molar-refractivity contribution in [3.8, 4) is 0 Å². The van der Waals surface area contributed by atoms with Gasteiger partial charge in [-0.05, 0) is 6.07 Å². The maximum absolute atomic E-state index is 11.9. The van der Waals surface area contributed by atoms with E-state index in [4.69, 9.17) is 9.47 Å². The maximum Gasteiger partial charge on any atom is 0.324 e. The molecule has 18 heavy (non-hydrogen) atoms. The van der Waals surface area contributed by atoms with Crippen molar-refractivity contribution in [2.24, 2.45) is 0 Å². The van der Waals surface area contributed by atoms with Crippen molar-refractivity contribution in [3.63, 3.8) is 0 Å². The zero-order chi connectivity index (χ0) is 13.4. The average molecular weight is 250 g/mol. The van der Waals surface area contributed by atoms with Crippen molar-refractivity contribution >= 4 is 5.97 Å². The van der Waals surface area contributed by atoms with Gasteiger partial charge in [0.15, 0.2) is 11.2 Å². The summed E-state index contributed by atoms with van der Waals surface area (Å²) >= 11 is 0. The lowest BCUT2D eigenvalue weighted by molar-refractivity contribution is -0.167. The van der Waals surface area contributed by atoms with E-state index in [1.54, 1.807) is 6.20 Å². The molecule has 1 aliphatic heterocycles. The first-order valence-corrected chi connectivity index (χ1v) is 5.90. The first-order chi connectivity index (χ1) is 8.40. The van der Waals surface area contributed by atoms with Crippen molar-refractivity contribution in [2.45, 2.75) is 31.6 Å². The van der Waals surface area contributed by atoms with Crippen LogP contribution in [0.15, 0.2) is 12.3 Å². The van der Waals surface area contributed by atoms with Crippen molar-refractivity contribution in [1.82, 2.24) is 9.97 Å². The van der Waals surface area contributed by atoms with Crippen molar-refractivity contribution in [2.75, 3.05) is 20.3 Å². The van der Waals surface area contributed by atoms with E-state index in [2.05, 4.69) is 30.7 Å². The number of rotatable bonds is 2. The van der Waals surface area contributed by atoms with Crippen LogP contribution in [0.1, 0.15) is 32.3 Å². The summed E-state index contributed by atoms with van der Waals surface area (Å²) in [5.41, 5.74) is -0.00187. The fraction of sp³-hybridized carbons (Fsp3) is 0.615. The summed E-state index contributed by atoms with van der Waals surface area (Å²) in [5, 5.41) is 0. The molecule has 0 spiro atoms. The minimum absolute atomic E-state index is 0.0837. The van der Waals surface area contributed by atoms with Gasteiger partial charge in [0.2, 0.25) is 0 Å². The molecular formula is C13H18N2O3. The molecule has 98 valence electrons. The van der Waals surface area contributed by atoms with E-state index in [0.717, 1.165) is 5.69 Å². The molecule has 2 rings (SSSR count). The van der Waals surface area contributed by atoms with Gasteiger partial charge in [-0.25, -0.2) is 9.97 Å². The van der Waals surface area contributed by atoms with Crippen LogP contribution in [0.2, 0.25) is 0 Å². The van der Waals surface area contributed by atoms with Gasteiger partial charge >= 0.3 is 5.97 Å². The third-order valence-electron chi connectivity index (χ3n) is 3.13. The predicted molar refractivity (Wildman–Crippen MR) is 65.2 cm³/mol. The van der Waals surface area contributed by atoms with Gasteiger partial charge in [-0.2, -0.15) is 0 Å².